The zero-order valence-corrected chi connectivity index (χ0v) is 8.82. The Morgan fingerprint density at radius 2 is 1.85 bits per heavy atom. The lowest BCUT2D eigenvalue weighted by molar-refractivity contribution is -0.142. The average Bonchev–Trinajstić information content (AvgIpc) is 2.01. The second kappa shape index (κ2) is 3.84. The summed E-state index contributed by atoms with van der Waals surface area (Å²) in [5, 5.41) is 3.35. The number of amides is 1. The molecule has 1 amide bonds. The van der Waals surface area contributed by atoms with Crippen molar-refractivity contribution in [1.82, 2.24) is 10.2 Å². The molecule has 76 valence electrons. The zero-order chi connectivity index (χ0) is 8.60. The minimum Gasteiger partial charge on any atom is -0.342 e. The van der Waals surface area contributed by atoms with Crippen LogP contribution in [0.1, 0.15) is 19.8 Å². The van der Waals surface area contributed by atoms with E-state index in [4.69, 9.17) is 0 Å². The predicted molar refractivity (Wildman–Crippen MR) is 54.0 cm³/mol. The number of rotatable bonds is 0. The number of carbonyl (C=O) groups excluding carboxylic acids is 1. The van der Waals surface area contributed by atoms with E-state index in [9.17, 15) is 4.79 Å². The number of hydrogen-bond donors (Lipinski definition) is 1. The Labute approximate surface area is 85.3 Å². The summed E-state index contributed by atoms with van der Waals surface area (Å²) in [6.07, 6.45) is 2.49. The topological polar surface area (TPSA) is 32.3 Å². The van der Waals surface area contributed by atoms with Gasteiger partial charge in [0.05, 0.1) is 0 Å². The van der Waals surface area contributed by atoms with Crippen molar-refractivity contribution in [3.05, 3.63) is 0 Å². The molecule has 2 fully saturated rings. The number of nitrogens with one attached hydrogen (secondary N) is 1. The lowest BCUT2D eigenvalue weighted by atomic mass is 9.72. The van der Waals surface area contributed by atoms with Gasteiger partial charge in [-0.25, -0.2) is 0 Å². The number of carbonyl (C=O) groups is 1. The summed E-state index contributed by atoms with van der Waals surface area (Å²) in [4.78, 5) is 12.9. The van der Waals surface area contributed by atoms with Crippen molar-refractivity contribution in [2.24, 2.45) is 5.41 Å². The monoisotopic (exact) mass is 204 g/mol. The highest BCUT2D eigenvalue weighted by atomic mass is 35.5. The van der Waals surface area contributed by atoms with Gasteiger partial charge in [-0.3, -0.25) is 4.79 Å². The third-order valence-electron chi connectivity index (χ3n) is 3.16. The molecular weight excluding hydrogens is 188 g/mol. The maximum absolute atomic E-state index is 11.0. The number of piperidine rings is 1. The van der Waals surface area contributed by atoms with Crippen LogP contribution in [-0.2, 0) is 4.79 Å². The first-order valence-corrected chi connectivity index (χ1v) is 4.68. The van der Waals surface area contributed by atoms with Gasteiger partial charge in [-0.15, -0.1) is 12.4 Å². The van der Waals surface area contributed by atoms with Crippen LogP contribution in [0.5, 0.6) is 0 Å². The van der Waals surface area contributed by atoms with Gasteiger partial charge in [0.15, 0.2) is 0 Å². The Balaban J connectivity index is 0.000000845. The number of hydrogen-bond acceptors (Lipinski definition) is 2. The van der Waals surface area contributed by atoms with E-state index in [0.29, 0.717) is 5.41 Å². The summed E-state index contributed by atoms with van der Waals surface area (Å²) in [6, 6.07) is 0. The van der Waals surface area contributed by atoms with Gasteiger partial charge in [0.2, 0.25) is 5.91 Å². The van der Waals surface area contributed by atoms with E-state index in [-0.39, 0.29) is 18.3 Å². The van der Waals surface area contributed by atoms with E-state index in [1.165, 1.54) is 12.8 Å². The summed E-state index contributed by atoms with van der Waals surface area (Å²) in [7, 11) is 0. The van der Waals surface area contributed by atoms with Crippen molar-refractivity contribution >= 4 is 18.3 Å². The summed E-state index contributed by atoms with van der Waals surface area (Å²) >= 11 is 0. The first-order valence-electron chi connectivity index (χ1n) is 4.68. The van der Waals surface area contributed by atoms with E-state index in [1.807, 2.05) is 4.90 Å². The minimum atomic E-state index is 0. The second-order valence-corrected chi connectivity index (χ2v) is 4.13. The van der Waals surface area contributed by atoms with E-state index in [0.717, 1.165) is 26.2 Å². The van der Waals surface area contributed by atoms with Gasteiger partial charge in [0.25, 0.3) is 0 Å². The number of nitrogens with zero attached hydrogens (tertiary/aromatic N) is 1. The molecule has 2 saturated heterocycles. The van der Waals surface area contributed by atoms with E-state index in [1.54, 1.807) is 6.92 Å². The van der Waals surface area contributed by atoms with Crippen molar-refractivity contribution in [3.8, 4) is 0 Å². The van der Waals surface area contributed by atoms with Crippen LogP contribution in [0.2, 0.25) is 0 Å². The lowest BCUT2D eigenvalue weighted by Gasteiger charge is -2.52. The highest BCUT2D eigenvalue weighted by molar-refractivity contribution is 5.85. The molecule has 1 N–H and O–H groups in total. The molecule has 2 aliphatic rings. The Morgan fingerprint density at radius 1 is 1.31 bits per heavy atom. The standard InChI is InChI=1S/C9H16N2O.ClH/c1-8(12)11-6-9(7-11)2-4-10-5-3-9;/h10H,2-7H2,1H3;1H. The van der Waals surface area contributed by atoms with Gasteiger partial charge < -0.3 is 10.2 Å². The fourth-order valence-electron chi connectivity index (χ4n) is 2.26. The Morgan fingerprint density at radius 3 is 2.31 bits per heavy atom. The molecule has 2 heterocycles. The quantitative estimate of drug-likeness (QED) is 0.628. The highest BCUT2D eigenvalue weighted by Gasteiger charge is 2.44. The third-order valence-corrected chi connectivity index (χ3v) is 3.16. The fraction of sp³-hybridized carbons (Fsp3) is 0.889. The molecule has 1 spiro atoms. The average molecular weight is 205 g/mol. The molecule has 0 aromatic carbocycles. The van der Waals surface area contributed by atoms with Gasteiger partial charge in [-0.05, 0) is 25.9 Å². The van der Waals surface area contributed by atoms with Crippen LogP contribution in [0.25, 0.3) is 0 Å². The molecule has 2 rings (SSSR count). The molecule has 0 radical (unpaired) electrons. The van der Waals surface area contributed by atoms with Crippen LogP contribution in [0.15, 0.2) is 0 Å². The van der Waals surface area contributed by atoms with Crippen LogP contribution in [0, 0.1) is 5.41 Å². The highest BCUT2D eigenvalue weighted by Crippen LogP contribution is 2.38. The van der Waals surface area contributed by atoms with Gasteiger partial charge in [0.1, 0.15) is 0 Å². The first kappa shape index (κ1) is 10.8. The van der Waals surface area contributed by atoms with Crippen molar-refractivity contribution in [3.63, 3.8) is 0 Å². The largest absolute Gasteiger partial charge is 0.342 e. The molecule has 0 aromatic rings. The molecule has 4 heteroatoms. The van der Waals surface area contributed by atoms with Gasteiger partial charge in [-0.1, -0.05) is 0 Å². The molecule has 2 aliphatic heterocycles. The van der Waals surface area contributed by atoms with Gasteiger partial charge >= 0.3 is 0 Å². The van der Waals surface area contributed by atoms with E-state index in [2.05, 4.69) is 5.32 Å². The molecule has 0 bridgehead atoms. The second-order valence-electron chi connectivity index (χ2n) is 4.13. The van der Waals surface area contributed by atoms with Crippen LogP contribution < -0.4 is 5.32 Å². The summed E-state index contributed by atoms with van der Waals surface area (Å²) in [6.45, 7) is 5.93. The molecule has 0 aliphatic carbocycles. The van der Waals surface area contributed by atoms with Gasteiger partial charge in [0, 0.05) is 25.4 Å². The SMILES string of the molecule is CC(=O)N1CC2(CCNCC2)C1.Cl. The zero-order valence-electron chi connectivity index (χ0n) is 8.01. The summed E-state index contributed by atoms with van der Waals surface area (Å²) in [5.74, 6) is 0.235. The van der Waals surface area contributed by atoms with Crippen molar-refractivity contribution in [1.29, 1.82) is 0 Å². The number of likely N-dealkylation sites (tertiary alicyclic amines) is 1. The van der Waals surface area contributed by atoms with Crippen LogP contribution in [0.3, 0.4) is 0 Å². The molecule has 0 saturated carbocycles. The van der Waals surface area contributed by atoms with Crippen molar-refractivity contribution < 1.29 is 4.79 Å². The Kier molecular flexibility index (Phi) is 3.19. The molecule has 0 atom stereocenters. The normalized spacial score (nSPS) is 24.8. The maximum Gasteiger partial charge on any atom is 0.219 e. The number of halogens is 1. The van der Waals surface area contributed by atoms with Crippen LogP contribution in [-0.4, -0.2) is 37.0 Å². The lowest BCUT2D eigenvalue weighted by Crippen LogP contribution is -2.61. The molecular formula is C9H17ClN2O. The Bertz CT molecular complexity index is 194. The summed E-state index contributed by atoms with van der Waals surface area (Å²) in [5.41, 5.74) is 0.497. The first-order chi connectivity index (χ1) is 5.72. The fourth-order valence-corrected chi connectivity index (χ4v) is 2.26. The van der Waals surface area contributed by atoms with Crippen molar-refractivity contribution in [2.75, 3.05) is 26.2 Å². The predicted octanol–water partition coefficient (Wildman–Crippen LogP) is 0.640. The van der Waals surface area contributed by atoms with E-state index < -0.39 is 0 Å². The van der Waals surface area contributed by atoms with E-state index >= 15 is 0 Å². The van der Waals surface area contributed by atoms with Crippen molar-refractivity contribution in [2.45, 2.75) is 19.8 Å². The Hall–Kier alpha value is -0.280. The smallest absolute Gasteiger partial charge is 0.219 e. The molecule has 13 heavy (non-hydrogen) atoms. The molecule has 0 aromatic heterocycles. The van der Waals surface area contributed by atoms with Crippen LogP contribution in [0.4, 0.5) is 0 Å². The minimum absolute atomic E-state index is 0. The van der Waals surface area contributed by atoms with Crippen LogP contribution >= 0.6 is 12.4 Å². The third kappa shape index (κ3) is 1.97. The maximum atomic E-state index is 11.0. The van der Waals surface area contributed by atoms with Gasteiger partial charge in [-0.2, -0.15) is 0 Å². The summed E-state index contributed by atoms with van der Waals surface area (Å²) < 4.78 is 0. The molecule has 3 nitrogen and oxygen atoms in total. The molecule has 0 unspecified atom stereocenters.